The first-order valence-electron chi connectivity index (χ1n) is 7.29. The van der Waals surface area contributed by atoms with Gasteiger partial charge < -0.3 is 15.0 Å². The van der Waals surface area contributed by atoms with Crippen molar-refractivity contribution < 1.29 is 4.74 Å². The third-order valence-electron chi connectivity index (χ3n) is 3.43. The Bertz CT molecular complexity index is 539. The van der Waals surface area contributed by atoms with Crippen LogP contribution in [-0.2, 0) is 11.3 Å². The maximum atomic E-state index is 12.1. The van der Waals surface area contributed by atoms with Gasteiger partial charge in [0.2, 0.25) is 0 Å². The monoisotopic (exact) mass is 292 g/mol. The summed E-state index contributed by atoms with van der Waals surface area (Å²) in [7, 11) is 0. The Labute approximate surface area is 125 Å². The van der Waals surface area contributed by atoms with E-state index in [9.17, 15) is 4.79 Å². The zero-order chi connectivity index (χ0) is 15.3. The van der Waals surface area contributed by atoms with E-state index in [-0.39, 0.29) is 11.2 Å². The molecule has 0 radical (unpaired) electrons. The summed E-state index contributed by atoms with van der Waals surface area (Å²) in [6, 6.07) is 1.65. The molecule has 0 atom stereocenters. The summed E-state index contributed by atoms with van der Waals surface area (Å²) in [5.74, 6) is 0. The molecule has 0 aromatic carbocycles. The molecular formula is C15H24N4O2. The quantitative estimate of drug-likeness (QED) is 0.616. The van der Waals surface area contributed by atoms with Crippen LogP contribution in [0.15, 0.2) is 29.7 Å². The SMILES string of the molecule is C=CCNCCn1ncc(N2CCOC(C)(C)C2)cc1=O. The fraction of sp³-hybridized carbons (Fsp3) is 0.600. The van der Waals surface area contributed by atoms with Gasteiger partial charge >= 0.3 is 0 Å². The summed E-state index contributed by atoms with van der Waals surface area (Å²) in [6.45, 7) is 11.9. The molecule has 6 nitrogen and oxygen atoms in total. The molecule has 2 heterocycles. The van der Waals surface area contributed by atoms with E-state index in [4.69, 9.17) is 4.74 Å². The second-order valence-corrected chi connectivity index (χ2v) is 5.80. The van der Waals surface area contributed by atoms with E-state index in [0.29, 0.717) is 19.7 Å². The van der Waals surface area contributed by atoms with Crippen LogP contribution >= 0.6 is 0 Å². The second kappa shape index (κ2) is 6.87. The van der Waals surface area contributed by atoms with E-state index >= 15 is 0 Å². The van der Waals surface area contributed by atoms with Crippen LogP contribution in [0, 0.1) is 0 Å². The van der Waals surface area contributed by atoms with Crippen molar-refractivity contribution in [3.8, 4) is 0 Å². The molecule has 1 aliphatic rings. The fourth-order valence-electron chi connectivity index (χ4n) is 2.39. The number of nitrogens with one attached hydrogen (secondary N) is 1. The largest absolute Gasteiger partial charge is 0.372 e. The summed E-state index contributed by atoms with van der Waals surface area (Å²) in [5, 5.41) is 7.41. The Morgan fingerprint density at radius 3 is 3.05 bits per heavy atom. The maximum absolute atomic E-state index is 12.1. The minimum absolute atomic E-state index is 0.0720. The lowest BCUT2D eigenvalue weighted by molar-refractivity contribution is -0.0277. The predicted molar refractivity (Wildman–Crippen MR) is 83.8 cm³/mol. The van der Waals surface area contributed by atoms with Crippen molar-refractivity contribution in [2.75, 3.05) is 37.7 Å². The molecule has 0 bridgehead atoms. The van der Waals surface area contributed by atoms with Gasteiger partial charge in [-0.1, -0.05) is 6.08 Å². The second-order valence-electron chi connectivity index (χ2n) is 5.80. The van der Waals surface area contributed by atoms with Crippen molar-refractivity contribution in [1.29, 1.82) is 0 Å². The number of rotatable bonds is 6. The zero-order valence-electron chi connectivity index (χ0n) is 12.8. The molecule has 1 aromatic rings. The Hall–Kier alpha value is -1.66. The Kier molecular flexibility index (Phi) is 5.14. The highest BCUT2D eigenvalue weighted by atomic mass is 16.5. The van der Waals surface area contributed by atoms with Gasteiger partial charge in [-0.15, -0.1) is 6.58 Å². The number of anilines is 1. The number of hydrogen-bond acceptors (Lipinski definition) is 5. The first-order chi connectivity index (χ1) is 10.0. The molecular weight excluding hydrogens is 268 g/mol. The number of hydrogen-bond donors (Lipinski definition) is 1. The molecule has 1 aromatic heterocycles. The van der Waals surface area contributed by atoms with Gasteiger partial charge in [-0.25, -0.2) is 4.68 Å². The first kappa shape index (κ1) is 15.7. The van der Waals surface area contributed by atoms with Gasteiger partial charge in [0.1, 0.15) is 0 Å². The van der Waals surface area contributed by atoms with Gasteiger partial charge in [-0.2, -0.15) is 5.10 Å². The normalized spacial score (nSPS) is 17.7. The van der Waals surface area contributed by atoms with Crippen LogP contribution in [0.5, 0.6) is 0 Å². The van der Waals surface area contributed by atoms with Crippen LogP contribution in [0.3, 0.4) is 0 Å². The van der Waals surface area contributed by atoms with Crippen molar-refractivity contribution in [2.45, 2.75) is 26.0 Å². The van der Waals surface area contributed by atoms with Crippen molar-refractivity contribution >= 4 is 5.69 Å². The van der Waals surface area contributed by atoms with Gasteiger partial charge in [0.15, 0.2) is 0 Å². The molecule has 6 heteroatoms. The van der Waals surface area contributed by atoms with Crippen LogP contribution in [-0.4, -0.2) is 48.2 Å². The van der Waals surface area contributed by atoms with Gasteiger partial charge in [-0.05, 0) is 13.8 Å². The lowest BCUT2D eigenvalue weighted by Crippen LogP contribution is -2.48. The fourth-order valence-corrected chi connectivity index (χ4v) is 2.39. The molecule has 0 spiro atoms. The van der Waals surface area contributed by atoms with E-state index in [0.717, 1.165) is 25.3 Å². The molecule has 1 aliphatic heterocycles. The van der Waals surface area contributed by atoms with E-state index in [1.165, 1.54) is 4.68 Å². The average Bonchev–Trinajstić information content (AvgIpc) is 2.44. The summed E-state index contributed by atoms with van der Waals surface area (Å²) >= 11 is 0. The molecule has 21 heavy (non-hydrogen) atoms. The Morgan fingerprint density at radius 2 is 2.38 bits per heavy atom. The molecule has 1 fully saturated rings. The van der Waals surface area contributed by atoms with Crippen molar-refractivity contribution in [1.82, 2.24) is 15.1 Å². The standard InChI is InChI=1S/C15H24N4O2/c1-4-5-16-6-7-19-14(20)10-13(11-17-19)18-8-9-21-15(2,3)12-18/h4,10-11,16H,1,5-9,12H2,2-3H3. The van der Waals surface area contributed by atoms with Gasteiger partial charge in [0.05, 0.1) is 30.6 Å². The van der Waals surface area contributed by atoms with Gasteiger partial charge in [-0.3, -0.25) is 4.79 Å². The number of nitrogens with zero attached hydrogens (tertiary/aromatic N) is 3. The average molecular weight is 292 g/mol. The highest BCUT2D eigenvalue weighted by Crippen LogP contribution is 2.21. The van der Waals surface area contributed by atoms with Gasteiger partial charge in [0, 0.05) is 32.2 Å². The minimum atomic E-state index is -0.193. The van der Waals surface area contributed by atoms with Crippen molar-refractivity contribution in [2.24, 2.45) is 0 Å². The summed E-state index contributed by atoms with van der Waals surface area (Å²) < 4.78 is 7.16. The van der Waals surface area contributed by atoms with Crippen molar-refractivity contribution in [3.63, 3.8) is 0 Å². The molecule has 0 amide bonds. The maximum Gasteiger partial charge on any atom is 0.268 e. The molecule has 116 valence electrons. The lowest BCUT2D eigenvalue weighted by atomic mass is 10.1. The molecule has 1 saturated heterocycles. The molecule has 1 N–H and O–H groups in total. The zero-order valence-corrected chi connectivity index (χ0v) is 12.8. The van der Waals surface area contributed by atoms with Crippen LogP contribution in [0.25, 0.3) is 0 Å². The van der Waals surface area contributed by atoms with Crippen LogP contribution in [0.2, 0.25) is 0 Å². The Balaban J connectivity index is 2.01. The predicted octanol–water partition coefficient (Wildman–Crippen LogP) is 0.634. The minimum Gasteiger partial charge on any atom is -0.372 e. The van der Waals surface area contributed by atoms with E-state index < -0.39 is 0 Å². The summed E-state index contributed by atoms with van der Waals surface area (Å²) in [5.41, 5.74) is 0.603. The summed E-state index contributed by atoms with van der Waals surface area (Å²) in [6.07, 6.45) is 3.55. The Morgan fingerprint density at radius 1 is 1.57 bits per heavy atom. The van der Waals surface area contributed by atoms with Gasteiger partial charge in [0.25, 0.3) is 5.56 Å². The molecule has 0 aliphatic carbocycles. The van der Waals surface area contributed by atoms with E-state index in [1.807, 2.05) is 0 Å². The van der Waals surface area contributed by atoms with Crippen molar-refractivity contribution in [3.05, 3.63) is 35.3 Å². The third kappa shape index (κ3) is 4.41. The first-order valence-corrected chi connectivity index (χ1v) is 7.29. The highest BCUT2D eigenvalue weighted by molar-refractivity contribution is 5.43. The number of ether oxygens (including phenoxy) is 1. The van der Waals surface area contributed by atoms with Crippen LogP contribution < -0.4 is 15.8 Å². The van der Waals surface area contributed by atoms with Crippen LogP contribution in [0.1, 0.15) is 13.8 Å². The van der Waals surface area contributed by atoms with Crippen LogP contribution in [0.4, 0.5) is 5.69 Å². The summed E-state index contributed by atoms with van der Waals surface area (Å²) in [4.78, 5) is 14.3. The lowest BCUT2D eigenvalue weighted by Gasteiger charge is -2.39. The molecule has 2 rings (SSSR count). The smallest absolute Gasteiger partial charge is 0.268 e. The molecule has 0 saturated carbocycles. The topological polar surface area (TPSA) is 59.4 Å². The van der Waals surface area contributed by atoms with E-state index in [2.05, 4.69) is 35.7 Å². The number of aromatic nitrogens is 2. The highest BCUT2D eigenvalue weighted by Gasteiger charge is 2.27. The third-order valence-corrected chi connectivity index (χ3v) is 3.43. The molecule has 0 unspecified atom stereocenters. The van der Waals surface area contributed by atoms with E-state index in [1.54, 1.807) is 18.3 Å². The number of morpholine rings is 1.